The standard InChI is InChI=1S/C23H25NO6/c1-12-16-8-7-15(24-20-22(28)21(27)18(11-25)30-23(20)29)9-14(16)10-17(26)19(12)13-5-3-2-4-6-13/h2-9,18,20-25,27-29H,10-11H2,1H3/t18?,20?,21-,22-,23-/m0/s1. The number of nitrogens with one attached hydrogen (secondary N) is 1. The lowest BCUT2D eigenvalue weighted by molar-refractivity contribution is -0.245. The maximum Gasteiger partial charge on any atom is 0.178 e. The van der Waals surface area contributed by atoms with Gasteiger partial charge >= 0.3 is 0 Å². The largest absolute Gasteiger partial charge is 0.394 e. The highest BCUT2D eigenvalue weighted by atomic mass is 16.6. The quantitative estimate of drug-likeness (QED) is 0.508. The summed E-state index contributed by atoms with van der Waals surface area (Å²) >= 11 is 0. The van der Waals surface area contributed by atoms with Crippen LogP contribution in [-0.2, 0) is 16.0 Å². The predicted octanol–water partition coefficient (Wildman–Crippen LogP) is 0.954. The number of anilines is 1. The molecule has 0 saturated carbocycles. The Bertz CT molecular complexity index is 973. The van der Waals surface area contributed by atoms with Crippen LogP contribution >= 0.6 is 0 Å². The first kappa shape index (κ1) is 20.7. The molecule has 4 rings (SSSR count). The number of carbonyl (C=O) groups is 1. The molecule has 158 valence electrons. The van der Waals surface area contributed by atoms with Crippen molar-refractivity contribution in [2.75, 3.05) is 11.9 Å². The number of rotatable bonds is 4. The molecule has 7 nitrogen and oxygen atoms in total. The van der Waals surface area contributed by atoms with Crippen LogP contribution in [0, 0.1) is 0 Å². The first-order valence-electron chi connectivity index (χ1n) is 9.90. The van der Waals surface area contributed by atoms with Gasteiger partial charge in [0.25, 0.3) is 0 Å². The number of hydrogen-bond acceptors (Lipinski definition) is 7. The summed E-state index contributed by atoms with van der Waals surface area (Å²) in [5, 5.41) is 42.7. The van der Waals surface area contributed by atoms with Crippen LogP contribution in [0.3, 0.4) is 0 Å². The van der Waals surface area contributed by atoms with Gasteiger partial charge in [-0.15, -0.1) is 0 Å². The predicted molar refractivity (Wildman–Crippen MR) is 111 cm³/mol. The van der Waals surface area contributed by atoms with Gasteiger partial charge in [-0.25, -0.2) is 0 Å². The van der Waals surface area contributed by atoms with Crippen molar-refractivity contribution in [1.82, 2.24) is 0 Å². The second-order valence-corrected chi connectivity index (χ2v) is 7.74. The molecule has 0 radical (unpaired) electrons. The average molecular weight is 411 g/mol. The molecule has 1 heterocycles. The molecule has 2 aromatic carbocycles. The summed E-state index contributed by atoms with van der Waals surface area (Å²) in [5.41, 5.74) is 4.91. The number of ketones is 1. The van der Waals surface area contributed by atoms with E-state index >= 15 is 0 Å². The third kappa shape index (κ3) is 3.66. The van der Waals surface area contributed by atoms with Crippen molar-refractivity contribution in [1.29, 1.82) is 0 Å². The van der Waals surface area contributed by atoms with E-state index in [1.165, 1.54) is 0 Å². The van der Waals surface area contributed by atoms with Crippen molar-refractivity contribution < 1.29 is 30.0 Å². The summed E-state index contributed by atoms with van der Waals surface area (Å²) in [6.07, 6.45) is -4.90. The highest BCUT2D eigenvalue weighted by Gasteiger charge is 2.43. The van der Waals surface area contributed by atoms with E-state index in [1.807, 2.05) is 49.4 Å². The number of carbonyl (C=O) groups excluding carboxylic acids is 1. The molecule has 1 aliphatic heterocycles. The van der Waals surface area contributed by atoms with E-state index in [2.05, 4.69) is 5.32 Å². The smallest absolute Gasteiger partial charge is 0.178 e. The van der Waals surface area contributed by atoms with E-state index in [0.717, 1.165) is 22.3 Å². The van der Waals surface area contributed by atoms with Gasteiger partial charge in [0, 0.05) is 17.7 Å². The summed E-state index contributed by atoms with van der Waals surface area (Å²) < 4.78 is 5.18. The molecular formula is C23H25NO6. The van der Waals surface area contributed by atoms with Crippen molar-refractivity contribution in [2.24, 2.45) is 0 Å². The second-order valence-electron chi connectivity index (χ2n) is 7.74. The average Bonchev–Trinajstić information content (AvgIpc) is 2.74. The Kier molecular flexibility index (Phi) is 5.73. The molecule has 5 N–H and O–H groups in total. The molecular weight excluding hydrogens is 386 g/mol. The normalized spacial score (nSPS) is 29.0. The Hall–Kier alpha value is -2.55. The zero-order valence-electron chi connectivity index (χ0n) is 16.5. The maximum absolute atomic E-state index is 12.9. The Balaban J connectivity index is 1.61. The van der Waals surface area contributed by atoms with Crippen LogP contribution in [0.15, 0.2) is 48.5 Å². The first-order valence-corrected chi connectivity index (χ1v) is 9.90. The molecule has 2 aliphatic rings. The van der Waals surface area contributed by atoms with Gasteiger partial charge in [0.2, 0.25) is 0 Å². The molecule has 0 aromatic heterocycles. The number of benzene rings is 2. The molecule has 0 bridgehead atoms. The molecule has 2 unspecified atom stereocenters. The van der Waals surface area contributed by atoms with Crippen LogP contribution in [-0.4, -0.2) is 63.5 Å². The molecule has 1 saturated heterocycles. The van der Waals surface area contributed by atoms with Crippen LogP contribution in [0.1, 0.15) is 23.6 Å². The van der Waals surface area contributed by atoms with Crippen LogP contribution in [0.2, 0.25) is 0 Å². The second kappa shape index (κ2) is 8.29. The SMILES string of the molecule is CC1=C(c2ccccc2)C(=O)Cc2cc(NC3[C@@H](O)OC(CO)[C@H](O)[C@H]3O)ccc21. The summed E-state index contributed by atoms with van der Waals surface area (Å²) in [4.78, 5) is 12.9. The van der Waals surface area contributed by atoms with E-state index in [-0.39, 0.29) is 12.2 Å². The lowest BCUT2D eigenvalue weighted by atomic mass is 9.82. The van der Waals surface area contributed by atoms with Crippen LogP contribution < -0.4 is 5.32 Å². The number of allylic oxidation sites excluding steroid dienone is 2. The number of fused-ring (bicyclic) bond motifs is 1. The van der Waals surface area contributed by atoms with Crippen molar-refractivity contribution in [3.63, 3.8) is 0 Å². The minimum atomic E-state index is -1.41. The van der Waals surface area contributed by atoms with E-state index in [1.54, 1.807) is 6.07 Å². The molecule has 1 aliphatic carbocycles. The first-order chi connectivity index (χ1) is 14.4. The number of aliphatic hydroxyl groups excluding tert-OH is 4. The van der Waals surface area contributed by atoms with Crippen LogP contribution in [0.25, 0.3) is 11.1 Å². The number of hydrogen-bond donors (Lipinski definition) is 5. The fraction of sp³-hybridized carbons (Fsp3) is 0.348. The van der Waals surface area contributed by atoms with Gasteiger partial charge in [-0.1, -0.05) is 36.4 Å². The van der Waals surface area contributed by atoms with Crippen molar-refractivity contribution in [3.05, 3.63) is 65.2 Å². The van der Waals surface area contributed by atoms with E-state index in [9.17, 15) is 25.2 Å². The van der Waals surface area contributed by atoms with E-state index < -0.39 is 37.3 Å². The summed E-state index contributed by atoms with van der Waals surface area (Å²) in [5.74, 6) is 0.0330. The Morgan fingerprint density at radius 1 is 1.07 bits per heavy atom. The minimum Gasteiger partial charge on any atom is -0.394 e. The molecule has 0 amide bonds. The number of Topliss-reactive ketones (excluding diaryl/α,β-unsaturated/α-hetero) is 1. The number of ether oxygens (including phenoxy) is 1. The maximum atomic E-state index is 12.9. The van der Waals surface area contributed by atoms with Gasteiger partial charge in [-0.05, 0) is 41.3 Å². The zero-order chi connectivity index (χ0) is 21.4. The summed E-state index contributed by atoms with van der Waals surface area (Å²) in [7, 11) is 0. The molecule has 0 spiro atoms. The molecule has 30 heavy (non-hydrogen) atoms. The van der Waals surface area contributed by atoms with Gasteiger partial charge in [0.1, 0.15) is 24.4 Å². The summed E-state index contributed by atoms with van der Waals surface area (Å²) in [6.45, 7) is 1.41. The molecule has 1 fully saturated rings. The highest BCUT2D eigenvalue weighted by molar-refractivity contribution is 6.30. The Morgan fingerprint density at radius 2 is 1.80 bits per heavy atom. The van der Waals surface area contributed by atoms with Crippen molar-refractivity contribution in [2.45, 2.75) is 44.0 Å². The van der Waals surface area contributed by atoms with Gasteiger partial charge in [-0.2, -0.15) is 0 Å². The number of aliphatic hydroxyl groups is 4. The summed E-state index contributed by atoms with van der Waals surface area (Å²) in [6, 6.07) is 14.1. The van der Waals surface area contributed by atoms with Gasteiger partial charge in [0.15, 0.2) is 12.1 Å². The van der Waals surface area contributed by atoms with Crippen molar-refractivity contribution >= 4 is 22.6 Å². The van der Waals surface area contributed by atoms with Gasteiger partial charge < -0.3 is 30.5 Å². The fourth-order valence-corrected chi connectivity index (χ4v) is 4.23. The molecule has 2 aromatic rings. The van der Waals surface area contributed by atoms with E-state index in [0.29, 0.717) is 11.3 Å². The lowest BCUT2D eigenvalue weighted by Crippen LogP contribution is -2.61. The molecule has 5 atom stereocenters. The Labute approximate surface area is 174 Å². The topological polar surface area (TPSA) is 119 Å². The lowest BCUT2D eigenvalue weighted by Gasteiger charge is -2.40. The monoisotopic (exact) mass is 411 g/mol. The van der Waals surface area contributed by atoms with Crippen LogP contribution in [0.4, 0.5) is 5.69 Å². The third-order valence-electron chi connectivity index (χ3n) is 5.81. The van der Waals surface area contributed by atoms with Crippen molar-refractivity contribution in [3.8, 4) is 0 Å². The van der Waals surface area contributed by atoms with Crippen LogP contribution in [0.5, 0.6) is 0 Å². The van der Waals surface area contributed by atoms with Gasteiger partial charge in [-0.3, -0.25) is 4.79 Å². The van der Waals surface area contributed by atoms with E-state index in [4.69, 9.17) is 4.74 Å². The fourth-order valence-electron chi connectivity index (χ4n) is 4.23. The molecule has 7 heteroatoms. The Morgan fingerprint density at radius 3 is 2.50 bits per heavy atom. The minimum absolute atomic E-state index is 0.0330. The van der Waals surface area contributed by atoms with Gasteiger partial charge in [0.05, 0.1) is 6.61 Å². The zero-order valence-corrected chi connectivity index (χ0v) is 16.5. The highest BCUT2D eigenvalue weighted by Crippen LogP contribution is 2.36. The third-order valence-corrected chi connectivity index (χ3v) is 5.81.